The lowest BCUT2D eigenvalue weighted by molar-refractivity contribution is -0.124. The lowest BCUT2D eigenvalue weighted by Crippen LogP contribution is -2.16. The molecule has 0 bridgehead atoms. The zero-order chi connectivity index (χ0) is 12.7. The van der Waals surface area contributed by atoms with Crippen LogP contribution in [0.2, 0.25) is 0 Å². The fraction of sp³-hybridized carbons (Fsp3) is 0.417. The van der Waals surface area contributed by atoms with E-state index in [1.807, 2.05) is 0 Å². The predicted molar refractivity (Wildman–Crippen MR) is 61.9 cm³/mol. The first-order chi connectivity index (χ1) is 8.19. The molecule has 0 saturated heterocycles. The van der Waals surface area contributed by atoms with E-state index in [2.05, 4.69) is 0 Å². The van der Waals surface area contributed by atoms with Gasteiger partial charge in [0.15, 0.2) is 5.78 Å². The Bertz CT molecular complexity index is 353. The van der Waals surface area contributed by atoms with E-state index in [1.165, 1.54) is 7.11 Å². The van der Waals surface area contributed by atoms with Gasteiger partial charge in [0.1, 0.15) is 30.5 Å². The van der Waals surface area contributed by atoms with Crippen molar-refractivity contribution in [3.05, 3.63) is 18.2 Å². The summed E-state index contributed by atoms with van der Waals surface area (Å²) in [5.41, 5.74) is 0. The number of rotatable bonds is 7. The minimum Gasteiger partial charge on any atom is -0.496 e. The second kappa shape index (κ2) is 6.75. The van der Waals surface area contributed by atoms with Gasteiger partial charge in [0.25, 0.3) is 0 Å². The highest BCUT2D eigenvalue weighted by Crippen LogP contribution is 2.27. The van der Waals surface area contributed by atoms with E-state index in [0.717, 1.165) is 0 Å². The monoisotopic (exact) mass is 240 g/mol. The van der Waals surface area contributed by atoms with Crippen LogP contribution in [0.25, 0.3) is 0 Å². The topological polar surface area (TPSA) is 54.0 Å². The van der Waals surface area contributed by atoms with Gasteiger partial charge in [-0.1, -0.05) is 0 Å². The largest absolute Gasteiger partial charge is 0.496 e. The van der Waals surface area contributed by atoms with Gasteiger partial charge in [0, 0.05) is 25.3 Å². The van der Waals surface area contributed by atoms with Crippen LogP contribution in [0.1, 0.15) is 0 Å². The van der Waals surface area contributed by atoms with E-state index in [0.29, 0.717) is 17.2 Å². The van der Waals surface area contributed by atoms with E-state index >= 15 is 0 Å². The molecule has 0 fully saturated rings. The number of ketones is 1. The first-order valence-electron chi connectivity index (χ1n) is 5.06. The van der Waals surface area contributed by atoms with Gasteiger partial charge in [-0.05, 0) is 0 Å². The van der Waals surface area contributed by atoms with E-state index in [1.54, 1.807) is 32.4 Å². The number of carbonyl (C=O) groups excluding carboxylic acids is 1. The molecule has 0 amide bonds. The molecule has 0 aliphatic rings. The van der Waals surface area contributed by atoms with Gasteiger partial charge in [0.05, 0.1) is 14.2 Å². The van der Waals surface area contributed by atoms with Crippen LogP contribution < -0.4 is 14.2 Å². The molecule has 1 aromatic carbocycles. The average Bonchev–Trinajstić information content (AvgIpc) is 2.36. The molecule has 1 aromatic rings. The summed E-state index contributed by atoms with van der Waals surface area (Å²) < 4.78 is 20.2. The van der Waals surface area contributed by atoms with Crippen LogP contribution in [0.15, 0.2) is 18.2 Å². The molecule has 94 valence electrons. The predicted octanol–water partition coefficient (Wildman–Crippen LogP) is 1.30. The Balaban J connectivity index is 2.66. The molecule has 1 rings (SSSR count). The van der Waals surface area contributed by atoms with E-state index in [9.17, 15) is 4.79 Å². The first-order valence-corrected chi connectivity index (χ1v) is 5.06. The zero-order valence-corrected chi connectivity index (χ0v) is 10.2. The molecule has 0 aromatic heterocycles. The molecule has 0 heterocycles. The molecule has 0 N–H and O–H groups in total. The minimum absolute atomic E-state index is 0.0375. The van der Waals surface area contributed by atoms with Crippen molar-refractivity contribution in [3.63, 3.8) is 0 Å². The van der Waals surface area contributed by atoms with Gasteiger partial charge in [-0.15, -0.1) is 0 Å². The number of methoxy groups -OCH3 is 3. The molecule has 0 atom stereocenters. The summed E-state index contributed by atoms with van der Waals surface area (Å²) in [7, 11) is 4.57. The van der Waals surface area contributed by atoms with Crippen molar-refractivity contribution >= 4 is 5.78 Å². The Morgan fingerprint density at radius 1 is 0.941 bits per heavy atom. The minimum atomic E-state index is -0.130. The van der Waals surface area contributed by atoms with Gasteiger partial charge >= 0.3 is 0 Å². The number of Topliss-reactive ketones (excluding diaryl/α,β-unsaturated/α-hetero) is 1. The molecule has 5 nitrogen and oxygen atoms in total. The fourth-order valence-corrected chi connectivity index (χ4v) is 1.23. The molecular weight excluding hydrogens is 224 g/mol. The van der Waals surface area contributed by atoms with E-state index in [4.69, 9.17) is 18.9 Å². The second-order valence-corrected chi connectivity index (χ2v) is 3.31. The van der Waals surface area contributed by atoms with Crippen LogP contribution in [0.4, 0.5) is 0 Å². The van der Waals surface area contributed by atoms with E-state index in [-0.39, 0.29) is 19.0 Å². The van der Waals surface area contributed by atoms with Crippen molar-refractivity contribution in [1.29, 1.82) is 0 Å². The van der Waals surface area contributed by atoms with Crippen molar-refractivity contribution in [2.45, 2.75) is 0 Å². The molecule has 0 spiro atoms. The summed E-state index contributed by atoms with van der Waals surface area (Å²) in [6, 6.07) is 5.09. The number of hydrogen-bond acceptors (Lipinski definition) is 5. The Hall–Kier alpha value is -1.75. The summed E-state index contributed by atoms with van der Waals surface area (Å²) in [4.78, 5) is 11.2. The first kappa shape index (κ1) is 13.3. The highest BCUT2D eigenvalue weighted by Gasteiger charge is 2.06. The maximum absolute atomic E-state index is 11.2. The van der Waals surface area contributed by atoms with Crippen molar-refractivity contribution in [2.75, 3.05) is 34.5 Å². The zero-order valence-electron chi connectivity index (χ0n) is 10.2. The third kappa shape index (κ3) is 4.32. The highest BCUT2D eigenvalue weighted by atomic mass is 16.5. The van der Waals surface area contributed by atoms with Gasteiger partial charge in [-0.3, -0.25) is 4.79 Å². The maximum atomic E-state index is 11.2. The summed E-state index contributed by atoms with van der Waals surface area (Å²) in [6.07, 6.45) is 0. The van der Waals surface area contributed by atoms with Gasteiger partial charge < -0.3 is 18.9 Å². The van der Waals surface area contributed by atoms with Gasteiger partial charge in [-0.2, -0.15) is 0 Å². The molecule has 5 heteroatoms. The van der Waals surface area contributed by atoms with Gasteiger partial charge in [-0.25, -0.2) is 0 Å². The van der Waals surface area contributed by atoms with Gasteiger partial charge in [0.2, 0.25) is 0 Å². The lowest BCUT2D eigenvalue weighted by Gasteiger charge is -2.09. The van der Waals surface area contributed by atoms with Crippen LogP contribution in [-0.2, 0) is 9.53 Å². The summed E-state index contributed by atoms with van der Waals surface area (Å²) in [5.74, 6) is 1.61. The molecule has 0 saturated carbocycles. The molecular formula is C12H16O5. The summed E-state index contributed by atoms with van der Waals surface area (Å²) in [6.45, 7) is 0.00522. The Kier molecular flexibility index (Phi) is 5.29. The average molecular weight is 240 g/mol. The third-order valence-electron chi connectivity index (χ3n) is 2.03. The second-order valence-electron chi connectivity index (χ2n) is 3.31. The van der Waals surface area contributed by atoms with Crippen molar-refractivity contribution in [3.8, 4) is 17.2 Å². The number of carbonyl (C=O) groups is 1. The highest BCUT2D eigenvalue weighted by molar-refractivity contribution is 5.81. The number of benzene rings is 1. The van der Waals surface area contributed by atoms with Crippen molar-refractivity contribution in [1.82, 2.24) is 0 Å². The SMILES string of the molecule is COCC(=O)COc1cc(OC)cc(OC)c1. The molecule has 0 radical (unpaired) electrons. The quantitative estimate of drug-likeness (QED) is 0.719. The number of ether oxygens (including phenoxy) is 4. The Labute approximate surface area is 100 Å². The normalized spacial score (nSPS) is 9.82. The summed E-state index contributed by atoms with van der Waals surface area (Å²) >= 11 is 0. The van der Waals surface area contributed by atoms with Crippen molar-refractivity contribution in [2.24, 2.45) is 0 Å². The third-order valence-corrected chi connectivity index (χ3v) is 2.03. The van der Waals surface area contributed by atoms with Crippen LogP contribution in [0, 0.1) is 0 Å². The molecule has 0 aliphatic carbocycles. The Morgan fingerprint density at radius 2 is 1.47 bits per heavy atom. The van der Waals surface area contributed by atoms with Crippen LogP contribution >= 0.6 is 0 Å². The summed E-state index contributed by atoms with van der Waals surface area (Å²) in [5, 5.41) is 0. The Morgan fingerprint density at radius 3 is 1.94 bits per heavy atom. The number of hydrogen-bond donors (Lipinski definition) is 0. The molecule has 0 unspecified atom stereocenters. The van der Waals surface area contributed by atoms with Crippen LogP contribution in [-0.4, -0.2) is 40.3 Å². The van der Waals surface area contributed by atoms with Crippen LogP contribution in [0.5, 0.6) is 17.2 Å². The van der Waals surface area contributed by atoms with E-state index < -0.39 is 0 Å². The molecule has 17 heavy (non-hydrogen) atoms. The maximum Gasteiger partial charge on any atom is 0.195 e. The fourth-order valence-electron chi connectivity index (χ4n) is 1.23. The van der Waals surface area contributed by atoms with Crippen LogP contribution in [0.3, 0.4) is 0 Å². The standard InChI is InChI=1S/C12H16O5/c1-14-7-9(13)8-17-12-5-10(15-2)4-11(6-12)16-3/h4-6H,7-8H2,1-3H3. The lowest BCUT2D eigenvalue weighted by atomic mass is 10.3. The van der Waals surface area contributed by atoms with Crippen molar-refractivity contribution < 1.29 is 23.7 Å². The molecule has 0 aliphatic heterocycles. The smallest absolute Gasteiger partial charge is 0.195 e.